The van der Waals surface area contributed by atoms with Gasteiger partial charge >= 0.3 is 0 Å². The Bertz CT molecular complexity index is 365. The number of terminal acetylenes is 1. The van der Waals surface area contributed by atoms with E-state index in [0.29, 0.717) is 22.9 Å². The Hall–Kier alpha value is -0.720. The van der Waals surface area contributed by atoms with Crippen molar-refractivity contribution in [2.75, 3.05) is 0 Å². The lowest BCUT2D eigenvalue weighted by Crippen LogP contribution is -2.36. The number of nitrogens with one attached hydrogen (secondary N) is 1. The lowest BCUT2D eigenvalue weighted by molar-refractivity contribution is 0.498. The molecule has 0 aromatic heterocycles. The van der Waals surface area contributed by atoms with Crippen LogP contribution in [-0.4, -0.2) is 6.04 Å². The van der Waals surface area contributed by atoms with Crippen LogP contribution in [-0.2, 0) is 6.42 Å². The van der Waals surface area contributed by atoms with Gasteiger partial charge in [0.2, 0.25) is 0 Å². The van der Waals surface area contributed by atoms with Crippen LogP contribution in [0.5, 0.6) is 0 Å². The molecule has 0 aliphatic heterocycles. The van der Waals surface area contributed by atoms with Crippen LogP contribution in [0.1, 0.15) is 18.4 Å². The number of nitrogens with two attached hydrogens (primary N) is 1. The molecule has 16 heavy (non-hydrogen) atoms. The van der Waals surface area contributed by atoms with Crippen molar-refractivity contribution in [3.63, 3.8) is 0 Å². The van der Waals surface area contributed by atoms with Crippen LogP contribution < -0.4 is 11.3 Å². The van der Waals surface area contributed by atoms with Gasteiger partial charge in [-0.15, -0.1) is 12.3 Å². The van der Waals surface area contributed by atoms with Gasteiger partial charge < -0.3 is 0 Å². The first-order valence-electron chi connectivity index (χ1n) is 5.01. The zero-order chi connectivity index (χ0) is 12.0. The minimum Gasteiger partial charge on any atom is -0.271 e. The quantitative estimate of drug-likeness (QED) is 0.483. The van der Waals surface area contributed by atoms with Crippen molar-refractivity contribution in [2.45, 2.75) is 25.3 Å². The fourth-order valence-corrected chi connectivity index (χ4v) is 2.03. The molecule has 86 valence electrons. The molecule has 2 nitrogen and oxygen atoms in total. The van der Waals surface area contributed by atoms with Crippen LogP contribution in [0.3, 0.4) is 0 Å². The van der Waals surface area contributed by atoms with Gasteiger partial charge in [0, 0.05) is 22.5 Å². The van der Waals surface area contributed by atoms with E-state index in [9.17, 15) is 0 Å². The van der Waals surface area contributed by atoms with Crippen molar-refractivity contribution < 1.29 is 0 Å². The second-order valence-electron chi connectivity index (χ2n) is 3.51. The van der Waals surface area contributed by atoms with Crippen molar-refractivity contribution >= 4 is 23.2 Å². The molecule has 0 heterocycles. The van der Waals surface area contributed by atoms with Gasteiger partial charge in [0.05, 0.1) is 0 Å². The average Bonchev–Trinajstić information content (AvgIpc) is 2.28. The molecule has 3 N–H and O–H groups in total. The second kappa shape index (κ2) is 6.78. The van der Waals surface area contributed by atoms with Crippen LogP contribution in [0.15, 0.2) is 18.2 Å². The standard InChI is InChI=1S/C12H14Cl2N2/c1-2-3-5-9(16-15)8-10-11(13)6-4-7-12(10)14/h1,4,6-7,9,16H,3,5,8,15H2. The summed E-state index contributed by atoms with van der Waals surface area (Å²) in [4.78, 5) is 0. The van der Waals surface area contributed by atoms with E-state index in [1.54, 1.807) is 0 Å². The SMILES string of the molecule is C#CCCC(Cc1c(Cl)cccc1Cl)NN. The fraction of sp³-hybridized carbons (Fsp3) is 0.333. The fourth-order valence-electron chi connectivity index (χ4n) is 1.48. The van der Waals surface area contributed by atoms with Gasteiger partial charge in [0.25, 0.3) is 0 Å². The molecule has 0 saturated heterocycles. The lowest BCUT2D eigenvalue weighted by atomic mass is 10.0. The molecule has 0 fully saturated rings. The van der Waals surface area contributed by atoms with Crippen molar-refractivity contribution in [2.24, 2.45) is 5.84 Å². The van der Waals surface area contributed by atoms with E-state index in [4.69, 9.17) is 35.5 Å². The van der Waals surface area contributed by atoms with Crippen LogP contribution in [0.4, 0.5) is 0 Å². The van der Waals surface area contributed by atoms with Gasteiger partial charge in [-0.1, -0.05) is 29.3 Å². The summed E-state index contributed by atoms with van der Waals surface area (Å²) in [6.07, 6.45) is 7.37. The molecule has 1 rings (SSSR count). The first-order valence-corrected chi connectivity index (χ1v) is 5.77. The molecule has 0 saturated carbocycles. The number of benzene rings is 1. The molecule has 0 aliphatic rings. The summed E-state index contributed by atoms with van der Waals surface area (Å²) in [5.74, 6) is 8.04. The largest absolute Gasteiger partial charge is 0.271 e. The van der Waals surface area contributed by atoms with Crippen molar-refractivity contribution in [1.82, 2.24) is 5.43 Å². The number of hydrogen-bond donors (Lipinski definition) is 2. The van der Waals surface area contributed by atoms with E-state index in [0.717, 1.165) is 12.0 Å². The highest BCUT2D eigenvalue weighted by Crippen LogP contribution is 2.26. The van der Waals surface area contributed by atoms with Crippen molar-refractivity contribution in [3.8, 4) is 12.3 Å². The van der Waals surface area contributed by atoms with Gasteiger partial charge in [0.15, 0.2) is 0 Å². The van der Waals surface area contributed by atoms with E-state index < -0.39 is 0 Å². The van der Waals surface area contributed by atoms with Crippen molar-refractivity contribution in [3.05, 3.63) is 33.8 Å². The first-order chi connectivity index (χ1) is 7.69. The Labute approximate surface area is 106 Å². The van der Waals surface area contributed by atoms with E-state index in [2.05, 4.69) is 11.3 Å². The van der Waals surface area contributed by atoms with E-state index >= 15 is 0 Å². The highest BCUT2D eigenvalue weighted by Gasteiger charge is 2.12. The molecular formula is C12H14Cl2N2. The predicted molar refractivity (Wildman–Crippen MR) is 69.3 cm³/mol. The minimum absolute atomic E-state index is 0.0912. The zero-order valence-electron chi connectivity index (χ0n) is 8.84. The molecule has 0 aliphatic carbocycles. The normalized spacial score (nSPS) is 12.1. The molecular weight excluding hydrogens is 243 g/mol. The van der Waals surface area contributed by atoms with Gasteiger partial charge in [0.1, 0.15) is 0 Å². The number of hydrazine groups is 1. The number of rotatable bonds is 5. The summed E-state index contributed by atoms with van der Waals surface area (Å²) >= 11 is 12.1. The maximum Gasteiger partial charge on any atom is 0.0453 e. The Balaban J connectivity index is 2.74. The third-order valence-electron chi connectivity index (χ3n) is 2.39. The lowest BCUT2D eigenvalue weighted by Gasteiger charge is -2.16. The van der Waals surface area contributed by atoms with Crippen molar-refractivity contribution in [1.29, 1.82) is 0 Å². The predicted octanol–water partition coefficient (Wildman–Crippen LogP) is 2.78. The maximum atomic E-state index is 6.07. The van der Waals surface area contributed by atoms with Crippen LogP contribution >= 0.6 is 23.2 Å². The van der Waals surface area contributed by atoms with Gasteiger partial charge in [-0.3, -0.25) is 11.3 Å². The molecule has 0 spiro atoms. The van der Waals surface area contributed by atoms with Gasteiger partial charge in [-0.25, -0.2) is 0 Å². The Kier molecular flexibility index (Phi) is 5.65. The van der Waals surface area contributed by atoms with E-state index in [1.807, 2.05) is 18.2 Å². The molecule has 0 radical (unpaired) electrons. The van der Waals surface area contributed by atoms with Crippen LogP contribution in [0.2, 0.25) is 10.0 Å². The maximum absolute atomic E-state index is 6.07. The van der Waals surface area contributed by atoms with Gasteiger partial charge in [-0.05, 0) is 30.5 Å². The minimum atomic E-state index is 0.0912. The van der Waals surface area contributed by atoms with Gasteiger partial charge in [-0.2, -0.15) is 0 Å². The third kappa shape index (κ3) is 3.70. The molecule has 1 aromatic carbocycles. The Morgan fingerprint density at radius 2 is 2.00 bits per heavy atom. The summed E-state index contributed by atoms with van der Waals surface area (Å²) in [7, 11) is 0. The topological polar surface area (TPSA) is 38.0 Å². The van der Waals surface area contributed by atoms with Crippen LogP contribution in [0.25, 0.3) is 0 Å². The Morgan fingerprint density at radius 1 is 1.38 bits per heavy atom. The third-order valence-corrected chi connectivity index (χ3v) is 3.09. The summed E-state index contributed by atoms with van der Waals surface area (Å²) in [5, 5.41) is 1.32. The highest BCUT2D eigenvalue weighted by molar-refractivity contribution is 6.35. The molecule has 1 aromatic rings. The molecule has 1 unspecified atom stereocenters. The number of hydrogen-bond acceptors (Lipinski definition) is 2. The summed E-state index contributed by atoms with van der Waals surface area (Å²) in [6.45, 7) is 0. The van der Waals surface area contributed by atoms with E-state index in [-0.39, 0.29) is 6.04 Å². The first kappa shape index (κ1) is 13.3. The summed E-state index contributed by atoms with van der Waals surface area (Å²) < 4.78 is 0. The molecule has 0 bridgehead atoms. The molecule has 1 atom stereocenters. The highest BCUT2D eigenvalue weighted by atomic mass is 35.5. The smallest absolute Gasteiger partial charge is 0.0453 e. The molecule has 0 amide bonds. The Morgan fingerprint density at radius 3 is 2.50 bits per heavy atom. The average molecular weight is 257 g/mol. The number of halogens is 2. The monoisotopic (exact) mass is 256 g/mol. The summed E-state index contributed by atoms with van der Waals surface area (Å²) in [5.41, 5.74) is 3.64. The summed E-state index contributed by atoms with van der Waals surface area (Å²) in [6, 6.07) is 5.55. The zero-order valence-corrected chi connectivity index (χ0v) is 10.4. The van der Waals surface area contributed by atoms with Crippen LogP contribution in [0, 0.1) is 12.3 Å². The molecule has 4 heteroatoms. The van der Waals surface area contributed by atoms with E-state index in [1.165, 1.54) is 0 Å². The second-order valence-corrected chi connectivity index (χ2v) is 4.33.